The maximum absolute atomic E-state index is 14.3. The molecule has 1 atom stereocenters. The van der Waals surface area contributed by atoms with E-state index in [9.17, 15) is 4.39 Å². The molecule has 0 heterocycles. The van der Waals surface area contributed by atoms with E-state index in [0.717, 1.165) is 0 Å². The first kappa shape index (κ1) is 13.8. The number of nitrogens with two attached hydrogens (primary N) is 1. The van der Waals surface area contributed by atoms with Gasteiger partial charge in [0.05, 0.1) is 13.2 Å². The lowest BCUT2D eigenvalue weighted by atomic mass is 9.98. The van der Waals surface area contributed by atoms with Crippen molar-refractivity contribution in [2.45, 2.75) is 6.04 Å². The minimum Gasteiger partial charge on any atom is -0.494 e. The van der Waals surface area contributed by atoms with Crippen LogP contribution in [-0.2, 0) is 0 Å². The van der Waals surface area contributed by atoms with Crippen molar-refractivity contribution in [1.29, 1.82) is 0 Å². The van der Waals surface area contributed by atoms with Gasteiger partial charge in [-0.1, -0.05) is 41.9 Å². The van der Waals surface area contributed by atoms with Gasteiger partial charge in [0, 0.05) is 10.6 Å². The Labute approximate surface area is 116 Å². The first-order valence-corrected chi connectivity index (χ1v) is 6.09. The van der Waals surface area contributed by atoms with Crippen molar-refractivity contribution in [2.75, 3.05) is 7.11 Å². The number of ether oxygens (including phenoxy) is 1. The molecule has 19 heavy (non-hydrogen) atoms. The summed E-state index contributed by atoms with van der Waals surface area (Å²) in [6, 6.07) is 11.5. The van der Waals surface area contributed by atoms with E-state index in [2.05, 4.69) is 5.43 Å². The Morgan fingerprint density at radius 1 is 1.16 bits per heavy atom. The second-order valence-electron chi connectivity index (χ2n) is 3.98. The van der Waals surface area contributed by atoms with Crippen molar-refractivity contribution >= 4 is 11.6 Å². The molecule has 2 aromatic carbocycles. The number of hydrazine groups is 1. The topological polar surface area (TPSA) is 47.3 Å². The zero-order valence-electron chi connectivity index (χ0n) is 10.4. The Balaban J connectivity index is 2.52. The van der Waals surface area contributed by atoms with E-state index in [1.807, 2.05) is 6.07 Å². The Morgan fingerprint density at radius 3 is 2.47 bits per heavy atom. The van der Waals surface area contributed by atoms with E-state index in [0.29, 0.717) is 16.1 Å². The Hall–Kier alpha value is -1.62. The second kappa shape index (κ2) is 6.02. The number of rotatable bonds is 4. The third-order valence-corrected chi connectivity index (χ3v) is 3.25. The Bertz CT molecular complexity index is 577. The molecule has 0 saturated heterocycles. The first-order valence-electron chi connectivity index (χ1n) is 5.72. The summed E-state index contributed by atoms with van der Waals surface area (Å²) in [7, 11) is 1.42. The highest BCUT2D eigenvalue weighted by Crippen LogP contribution is 2.32. The fourth-order valence-corrected chi connectivity index (χ4v) is 2.21. The molecule has 2 aromatic rings. The van der Waals surface area contributed by atoms with Gasteiger partial charge < -0.3 is 4.74 Å². The summed E-state index contributed by atoms with van der Waals surface area (Å²) < 4.78 is 19.2. The van der Waals surface area contributed by atoms with Gasteiger partial charge in [0.15, 0.2) is 11.6 Å². The van der Waals surface area contributed by atoms with Gasteiger partial charge in [0.1, 0.15) is 0 Å². The van der Waals surface area contributed by atoms with Crippen LogP contribution in [0.2, 0.25) is 5.02 Å². The summed E-state index contributed by atoms with van der Waals surface area (Å²) in [4.78, 5) is 0. The molecule has 5 heteroatoms. The van der Waals surface area contributed by atoms with Crippen LogP contribution in [0.15, 0.2) is 42.5 Å². The van der Waals surface area contributed by atoms with Crippen LogP contribution in [0.5, 0.6) is 5.75 Å². The maximum Gasteiger partial charge on any atom is 0.170 e. The smallest absolute Gasteiger partial charge is 0.170 e. The van der Waals surface area contributed by atoms with Gasteiger partial charge in [-0.05, 0) is 17.7 Å². The zero-order valence-corrected chi connectivity index (χ0v) is 11.1. The van der Waals surface area contributed by atoms with Crippen LogP contribution in [0.3, 0.4) is 0 Å². The van der Waals surface area contributed by atoms with Crippen molar-refractivity contribution < 1.29 is 9.13 Å². The maximum atomic E-state index is 14.3. The van der Waals surface area contributed by atoms with E-state index in [-0.39, 0.29) is 5.75 Å². The molecule has 2 rings (SSSR count). The zero-order chi connectivity index (χ0) is 13.8. The molecular formula is C14H14ClFN2O. The highest BCUT2D eigenvalue weighted by molar-refractivity contribution is 6.31. The van der Waals surface area contributed by atoms with Crippen molar-refractivity contribution in [2.24, 2.45) is 5.84 Å². The molecule has 0 aliphatic rings. The normalized spacial score (nSPS) is 12.2. The first-order chi connectivity index (χ1) is 9.19. The standard InChI is InChI=1S/C14H14ClFN2O/c1-19-12-8-4-6-10(13(12)16)14(18-17)9-5-2-3-7-11(9)15/h2-8,14,18H,17H2,1H3. The largest absolute Gasteiger partial charge is 0.494 e. The molecule has 0 amide bonds. The molecule has 0 radical (unpaired) electrons. The van der Waals surface area contributed by atoms with Gasteiger partial charge >= 0.3 is 0 Å². The highest BCUT2D eigenvalue weighted by Gasteiger charge is 2.20. The molecule has 0 aliphatic carbocycles. The van der Waals surface area contributed by atoms with E-state index in [4.69, 9.17) is 22.2 Å². The highest BCUT2D eigenvalue weighted by atomic mass is 35.5. The number of hydrogen-bond donors (Lipinski definition) is 2. The lowest BCUT2D eigenvalue weighted by molar-refractivity contribution is 0.381. The summed E-state index contributed by atoms with van der Waals surface area (Å²) >= 11 is 6.12. The molecule has 0 bridgehead atoms. The van der Waals surface area contributed by atoms with Crippen molar-refractivity contribution in [3.63, 3.8) is 0 Å². The molecule has 0 spiro atoms. The summed E-state index contributed by atoms with van der Waals surface area (Å²) in [6.45, 7) is 0. The molecule has 3 nitrogen and oxygen atoms in total. The van der Waals surface area contributed by atoms with Gasteiger partial charge in [0.2, 0.25) is 0 Å². The predicted octanol–water partition coefficient (Wildman–Crippen LogP) is 3.04. The molecular weight excluding hydrogens is 267 g/mol. The van der Waals surface area contributed by atoms with E-state index in [1.165, 1.54) is 7.11 Å². The van der Waals surface area contributed by atoms with Crippen LogP contribution in [0.1, 0.15) is 17.2 Å². The quantitative estimate of drug-likeness (QED) is 0.668. The van der Waals surface area contributed by atoms with Crippen molar-refractivity contribution in [1.82, 2.24) is 5.43 Å². The third kappa shape index (κ3) is 2.71. The molecule has 0 saturated carbocycles. The number of hydrogen-bond acceptors (Lipinski definition) is 3. The lowest BCUT2D eigenvalue weighted by Gasteiger charge is -2.19. The van der Waals surface area contributed by atoms with Crippen LogP contribution in [0, 0.1) is 5.82 Å². The van der Waals surface area contributed by atoms with Crippen LogP contribution >= 0.6 is 11.6 Å². The number of methoxy groups -OCH3 is 1. The molecule has 0 aromatic heterocycles. The van der Waals surface area contributed by atoms with Gasteiger partial charge in [-0.25, -0.2) is 9.82 Å². The Morgan fingerprint density at radius 2 is 1.84 bits per heavy atom. The number of nitrogens with one attached hydrogen (secondary N) is 1. The Kier molecular flexibility index (Phi) is 4.37. The SMILES string of the molecule is COc1cccc(C(NN)c2ccccc2Cl)c1F. The van der Waals surface area contributed by atoms with Gasteiger partial charge in [-0.3, -0.25) is 5.84 Å². The van der Waals surface area contributed by atoms with E-state index >= 15 is 0 Å². The van der Waals surface area contributed by atoms with Crippen LogP contribution < -0.4 is 16.0 Å². The predicted molar refractivity (Wildman–Crippen MR) is 73.6 cm³/mol. The third-order valence-electron chi connectivity index (χ3n) is 2.91. The number of halogens is 2. The minimum absolute atomic E-state index is 0.171. The van der Waals surface area contributed by atoms with Crippen molar-refractivity contribution in [3.8, 4) is 5.75 Å². The molecule has 1 unspecified atom stereocenters. The fourth-order valence-electron chi connectivity index (χ4n) is 1.96. The van der Waals surface area contributed by atoms with E-state index < -0.39 is 11.9 Å². The lowest BCUT2D eigenvalue weighted by Crippen LogP contribution is -2.29. The van der Waals surface area contributed by atoms with Gasteiger partial charge in [-0.2, -0.15) is 0 Å². The molecule has 0 aliphatic heterocycles. The van der Waals surface area contributed by atoms with Crippen LogP contribution in [-0.4, -0.2) is 7.11 Å². The molecule has 3 N–H and O–H groups in total. The summed E-state index contributed by atoms with van der Waals surface area (Å²) in [5, 5.41) is 0.521. The van der Waals surface area contributed by atoms with Gasteiger partial charge in [-0.15, -0.1) is 0 Å². The average molecular weight is 281 g/mol. The molecule has 100 valence electrons. The average Bonchev–Trinajstić information content (AvgIpc) is 2.43. The van der Waals surface area contributed by atoms with E-state index in [1.54, 1.807) is 36.4 Å². The monoisotopic (exact) mass is 280 g/mol. The summed E-state index contributed by atoms with van der Waals surface area (Å²) in [5.41, 5.74) is 3.68. The second-order valence-corrected chi connectivity index (χ2v) is 4.39. The summed E-state index contributed by atoms with van der Waals surface area (Å²) in [5.74, 6) is 5.27. The van der Waals surface area contributed by atoms with Crippen LogP contribution in [0.25, 0.3) is 0 Å². The van der Waals surface area contributed by atoms with Crippen LogP contribution in [0.4, 0.5) is 4.39 Å². The number of benzene rings is 2. The van der Waals surface area contributed by atoms with Crippen molar-refractivity contribution in [3.05, 3.63) is 64.4 Å². The summed E-state index contributed by atoms with van der Waals surface area (Å²) in [6.07, 6.45) is 0. The minimum atomic E-state index is -0.538. The van der Waals surface area contributed by atoms with Gasteiger partial charge in [0.25, 0.3) is 0 Å². The fraction of sp³-hybridized carbons (Fsp3) is 0.143. The molecule has 0 fully saturated rings.